The highest BCUT2D eigenvalue weighted by Gasteiger charge is 2.25. The van der Waals surface area contributed by atoms with Crippen LogP contribution >= 0.6 is 11.8 Å². The van der Waals surface area contributed by atoms with E-state index >= 15 is 0 Å². The quantitative estimate of drug-likeness (QED) is 0.350. The van der Waals surface area contributed by atoms with Gasteiger partial charge >= 0.3 is 0 Å². The van der Waals surface area contributed by atoms with E-state index in [0.717, 1.165) is 23.7 Å². The number of pyridine rings is 1. The van der Waals surface area contributed by atoms with Crippen LogP contribution in [0.2, 0.25) is 0 Å². The van der Waals surface area contributed by atoms with E-state index in [1.807, 2.05) is 24.3 Å². The summed E-state index contributed by atoms with van der Waals surface area (Å²) in [4.78, 5) is 28.4. The second-order valence-corrected chi connectivity index (χ2v) is 8.52. The molecule has 1 amide bonds. The molecule has 0 bridgehead atoms. The van der Waals surface area contributed by atoms with E-state index in [9.17, 15) is 14.9 Å². The smallest absolute Gasteiger partial charge is 0.270 e. The zero-order valence-electron chi connectivity index (χ0n) is 16.5. The Labute approximate surface area is 182 Å². The molecule has 1 fully saturated rings. The van der Waals surface area contributed by atoms with Gasteiger partial charge in [-0.05, 0) is 25.0 Å². The van der Waals surface area contributed by atoms with Crippen LogP contribution in [0.15, 0.2) is 47.5 Å². The van der Waals surface area contributed by atoms with Gasteiger partial charge in [-0.25, -0.2) is 4.98 Å². The van der Waals surface area contributed by atoms with Crippen LogP contribution in [-0.2, 0) is 17.1 Å². The number of nitro groups is 1. The number of nitrogens with one attached hydrogen (secondary N) is 1. The topological polar surface area (TPSA) is 104 Å². The highest BCUT2D eigenvalue weighted by Crippen LogP contribution is 2.36. The van der Waals surface area contributed by atoms with Crippen molar-refractivity contribution >= 4 is 34.3 Å². The van der Waals surface area contributed by atoms with Crippen LogP contribution in [0.4, 0.5) is 5.69 Å². The van der Waals surface area contributed by atoms with Crippen LogP contribution < -0.4 is 10.1 Å². The summed E-state index contributed by atoms with van der Waals surface area (Å²) in [5, 5.41) is 15.8. The molecule has 5 rings (SSSR count). The van der Waals surface area contributed by atoms with Gasteiger partial charge in [-0.3, -0.25) is 14.9 Å². The van der Waals surface area contributed by atoms with Crippen molar-refractivity contribution in [2.45, 2.75) is 36.3 Å². The van der Waals surface area contributed by atoms with Gasteiger partial charge in [0.1, 0.15) is 5.75 Å². The van der Waals surface area contributed by atoms with Gasteiger partial charge in [0.25, 0.3) is 11.6 Å². The molecule has 2 heterocycles. The van der Waals surface area contributed by atoms with Crippen LogP contribution in [0.1, 0.15) is 34.3 Å². The third kappa shape index (κ3) is 4.19. The molecule has 3 aromatic rings. The Morgan fingerprint density at radius 2 is 2.10 bits per heavy atom. The number of carbonyl (C=O) groups excluding carboxylic acids is 1. The summed E-state index contributed by atoms with van der Waals surface area (Å²) in [6.07, 6.45) is 2.02. The van der Waals surface area contributed by atoms with Crippen LogP contribution in [0.5, 0.6) is 5.75 Å². The average molecular weight is 437 g/mol. The van der Waals surface area contributed by atoms with Crippen molar-refractivity contribution in [1.82, 2.24) is 10.3 Å². The first kappa shape index (κ1) is 19.8. The highest BCUT2D eigenvalue weighted by atomic mass is 32.2. The van der Waals surface area contributed by atoms with Gasteiger partial charge in [0.15, 0.2) is 6.79 Å². The lowest BCUT2D eigenvalue weighted by Crippen LogP contribution is -2.25. The second kappa shape index (κ2) is 8.16. The first-order valence-corrected chi connectivity index (χ1v) is 10.9. The summed E-state index contributed by atoms with van der Waals surface area (Å²) in [5.41, 5.74) is 2.69. The number of amides is 1. The lowest BCUT2D eigenvalue weighted by molar-refractivity contribution is -0.385. The van der Waals surface area contributed by atoms with Gasteiger partial charge in [-0.1, -0.05) is 18.2 Å². The maximum atomic E-state index is 12.8. The van der Waals surface area contributed by atoms with E-state index in [1.165, 1.54) is 23.9 Å². The van der Waals surface area contributed by atoms with Crippen molar-refractivity contribution in [1.29, 1.82) is 0 Å². The number of carbonyl (C=O) groups is 1. The van der Waals surface area contributed by atoms with E-state index in [4.69, 9.17) is 9.47 Å². The first-order chi connectivity index (χ1) is 15.1. The minimum absolute atomic E-state index is 0.000536. The van der Waals surface area contributed by atoms with Crippen LogP contribution in [0, 0.1) is 10.1 Å². The molecule has 9 heteroatoms. The predicted octanol–water partition coefficient (Wildman–Crippen LogP) is 4.19. The number of non-ortho nitro benzene ring substituents is 1. The van der Waals surface area contributed by atoms with Crippen LogP contribution in [0.3, 0.4) is 0 Å². The van der Waals surface area contributed by atoms with Gasteiger partial charge in [-0.2, -0.15) is 0 Å². The maximum Gasteiger partial charge on any atom is 0.270 e. The lowest BCUT2D eigenvalue weighted by atomic mass is 10.1. The number of thioether (sulfide) groups is 1. The molecule has 1 saturated carbocycles. The number of hydrogen-bond acceptors (Lipinski definition) is 7. The number of para-hydroxylation sites is 1. The van der Waals surface area contributed by atoms with Crippen molar-refractivity contribution in [2.24, 2.45) is 0 Å². The molecule has 31 heavy (non-hydrogen) atoms. The maximum absolute atomic E-state index is 12.8. The number of benzene rings is 2. The van der Waals surface area contributed by atoms with E-state index in [0.29, 0.717) is 33.2 Å². The number of fused-ring (bicyclic) bond motifs is 2. The zero-order valence-corrected chi connectivity index (χ0v) is 17.3. The Hall–Kier alpha value is -3.17. The number of ether oxygens (including phenoxy) is 2. The van der Waals surface area contributed by atoms with E-state index < -0.39 is 4.92 Å². The Balaban J connectivity index is 1.46. The molecule has 2 aromatic carbocycles. The van der Waals surface area contributed by atoms with Gasteiger partial charge < -0.3 is 14.8 Å². The molecule has 0 saturated heterocycles. The fourth-order valence-electron chi connectivity index (χ4n) is 3.55. The predicted molar refractivity (Wildman–Crippen MR) is 115 cm³/mol. The summed E-state index contributed by atoms with van der Waals surface area (Å²) in [5.74, 6) is 0.937. The summed E-state index contributed by atoms with van der Waals surface area (Å²) >= 11 is 1.41. The minimum Gasteiger partial charge on any atom is -0.467 e. The van der Waals surface area contributed by atoms with Crippen LogP contribution in [-0.4, -0.2) is 28.6 Å². The van der Waals surface area contributed by atoms with Gasteiger partial charge in [0.05, 0.1) is 27.6 Å². The molecule has 2 aliphatic rings. The lowest BCUT2D eigenvalue weighted by Gasteiger charge is -2.20. The van der Waals surface area contributed by atoms with Gasteiger partial charge in [-0.15, -0.1) is 11.8 Å². The molecule has 0 unspecified atom stereocenters. The number of hydrogen-bond donors (Lipinski definition) is 1. The van der Waals surface area contributed by atoms with E-state index in [2.05, 4.69) is 10.3 Å². The zero-order chi connectivity index (χ0) is 21.4. The molecule has 1 aromatic heterocycles. The number of rotatable bonds is 6. The summed E-state index contributed by atoms with van der Waals surface area (Å²) in [6, 6.07) is 12.6. The SMILES string of the molecule is O=C(NC1CC1)c1cc(SCc2cc([N+](=O)[O-])cc3c2OCOC3)nc2ccccc12. The average Bonchev–Trinajstić information content (AvgIpc) is 3.60. The standard InChI is InChI=1S/C22H19N3O5S/c26-22(23-15-5-6-15)18-9-20(24-19-4-2-1-3-17(18)19)31-11-14-8-16(25(27)28)7-13-10-29-12-30-21(13)14/h1-4,7-9,15H,5-6,10-12H2,(H,23,26). The Bertz CT molecular complexity index is 1200. The Morgan fingerprint density at radius 3 is 2.90 bits per heavy atom. The minimum atomic E-state index is -0.419. The van der Waals surface area contributed by atoms with E-state index in [-0.39, 0.29) is 31.0 Å². The van der Waals surface area contributed by atoms with Crippen molar-refractivity contribution < 1.29 is 19.2 Å². The number of aromatic nitrogens is 1. The summed E-state index contributed by atoms with van der Waals surface area (Å²) in [6.45, 7) is 0.385. The van der Waals surface area contributed by atoms with Crippen LogP contribution in [0.25, 0.3) is 10.9 Å². The summed E-state index contributed by atoms with van der Waals surface area (Å²) < 4.78 is 10.9. The molecule has 1 aliphatic heterocycles. The fourth-order valence-corrected chi connectivity index (χ4v) is 4.43. The third-order valence-corrected chi connectivity index (χ3v) is 6.17. The molecule has 158 valence electrons. The highest BCUT2D eigenvalue weighted by molar-refractivity contribution is 7.98. The second-order valence-electron chi connectivity index (χ2n) is 7.52. The van der Waals surface area contributed by atoms with Crippen molar-refractivity contribution in [2.75, 3.05) is 6.79 Å². The number of nitro benzene ring substituents is 1. The number of nitrogens with zero attached hydrogens (tertiary/aromatic N) is 2. The molecular weight excluding hydrogens is 418 g/mol. The molecular formula is C22H19N3O5S. The van der Waals surface area contributed by atoms with Gasteiger partial charge in [0, 0.05) is 40.4 Å². The normalized spacial score (nSPS) is 15.2. The molecule has 1 N–H and O–H groups in total. The molecule has 0 atom stereocenters. The monoisotopic (exact) mass is 437 g/mol. The van der Waals surface area contributed by atoms with Crippen molar-refractivity contribution in [3.63, 3.8) is 0 Å². The molecule has 8 nitrogen and oxygen atoms in total. The molecule has 1 aliphatic carbocycles. The van der Waals surface area contributed by atoms with Crippen molar-refractivity contribution in [3.8, 4) is 5.75 Å². The Kier molecular flexibility index (Phi) is 5.21. The van der Waals surface area contributed by atoms with Gasteiger partial charge in [0.2, 0.25) is 0 Å². The first-order valence-electron chi connectivity index (χ1n) is 9.92. The van der Waals surface area contributed by atoms with E-state index in [1.54, 1.807) is 6.07 Å². The Morgan fingerprint density at radius 1 is 1.26 bits per heavy atom. The molecule has 0 radical (unpaired) electrons. The fraction of sp³-hybridized carbons (Fsp3) is 0.273. The largest absolute Gasteiger partial charge is 0.467 e. The third-order valence-electron chi connectivity index (χ3n) is 5.21. The molecule has 0 spiro atoms. The summed E-state index contributed by atoms with van der Waals surface area (Å²) in [7, 11) is 0. The van der Waals surface area contributed by atoms with Crippen molar-refractivity contribution in [3.05, 3.63) is 69.3 Å².